The SMILES string of the molecule is CCCC1CC1NC(=NC)NCCc1nc(C)c(C)s1.I. The largest absolute Gasteiger partial charge is 0.356 e. The topological polar surface area (TPSA) is 49.3 Å². The molecule has 1 saturated carbocycles. The molecule has 1 aromatic heterocycles. The molecule has 6 heteroatoms. The lowest BCUT2D eigenvalue weighted by atomic mass is 10.2. The second kappa shape index (κ2) is 8.92. The van der Waals surface area contributed by atoms with Crippen molar-refractivity contribution in [3.8, 4) is 0 Å². The minimum atomic E-state index is 0. The van der Waals surface area contributed by atoms with Crippen molar-refractivity contribution in [1.29, 1.82) is 0 Å². The fraction of sp³-hybridized carbons (Fsp3) is 0.733. The van der Waals surface area contributed by atoms with Gasteiger partial charge in [-0.3, -0.25) is 4.99 Å². The van der Waals surface area contributed by atoms with Crippen molar-refractivity contribution in [3.05, 3.63) is 15.6 Å². The van der Waals surface area contributed by atoms with Crippen LogP contribution in [0.2, 0.25) is 0 Å². The van der Waals surface area contributed by atoms with Gasteiger partial charge in [0.2, 0.25) is 0 Å². The average Bonchev–Trinajstić information content (AvgIpc) is 3.06. The second-order valence-electron chi connectivity index (χ2n) is 5.53. The molecule has 120 valence electrons. The summed E-state index contributed by atoms with van der Waals surface area (Å²) in [6.45, 7) is 7.34. The standard InChI is InChI=1S/C15H26N4S.HI/c1-5-6-12-9-13(12)19-15(16-4)17-8-7-14-18-10(2)11(3)20-14;/h12-13H,5-9H2,1-4H3,(H2,16,17,19);1H. The van der Waals surface area contributed by atoms with Crippen molar-refractivity contribution < 1.29 is 0 Å². The Morgan fingerprint density at radius 2 is 2.19 bits per heavy atom. The lowest BCUT2D eigenvalue weighted by molar-refractivity contribution is 0.655. The van der Waals surface area contributed by atoms with Crippen LogP contribution in [0.5, 0.6) is 0 Å². The molecule has 1 aliphatic rings. The Hall–Kier alpha value is -0.370. The smallest absolute Gasteiger partial charge is 0.191 e. The zero-order chi connectivity index (χ0) is 14.5. The number of hydrogen-bond donors (Lipinski definition) is 2. The van der Waals surface area contributed by atoms with Crippen LogP contribution in [0.25, 0.3) is 0 Å². The van der Waals surface area contributed by atoms with Gasteiger partial charge in [-0.15, -0.1) is 35.3 Å². The first kappa shape index (κ1) is 18.7. The van der Waals surface area contributed by atoms with Crippen LogP contribution in [0.3, 0.4) is 0 Å². The van der Waals surface area contributed by atoms with Crippen LogP contribution in [0, 0.1) is 19.8 Å². The van der Waals surface area contributed by atoms with E-state index in [2.05, 4.69) is 41.4 Å². The van der Waals surface area contributed by atoms with Gasteiger partial charge in [0, 0.05) is 30.9 Å². The van der Waals surface area contributed by atoms with E-state index in [1.54, 1.807) is 11.3 Å². The monoisotopic (exact) mass is 422 g/mol. The predicted molar refractivity (Wildman–Crippen MR) is 102 cm³/mol. The van der Waals surface area contributed by atoms with E-state index in [1.165, 1.54) is 29.1 Å². The Bertz CT molecular complexity index is 453. The van der Waals surface area contributed by atoms with Crippen LogP contribution in [0.1, 0.15) is 41.8 Å². The van der Waals surface area contributed by atoms with Crippen LogP contribution in [0.15, 0.2) is 4.99 Å². The fourth-order valence-electron chi connectivity index (χ4n) is 2.42. The molecule has 4 nitrogen and oxygen atoms in total. The summed E-state index contributed by atoms with van der Waals surface area (Å²) in [6.07, 6.45) is 4.85. The Morgan fingerprint density at radius 3 is 2.76 bits per heavy atom. The summed E-state index contributed by atoms with van der Waals surface area (Å²) < 4.78 is 0. The maximum Gasteiger partial charge on any atom is 0.191 e. The van der Waals surface area contributed by atoms with Crippen molar-refractivity contribution in [3.63, 3.8) is 0 Å². The lowest BCUT2D eigenvalue weighted by Crippen LogP contribution is -2.40. The minimum Gasteiger partial charge on any atom is -0.356 e. The van der Waals surface area contributed by atoms with Crippen molar-refractivity contribution in [2.75, 3.05) is 13.6 Å². The van der Waals surface area contributed by atoms with E-state index in [9.17, 15) is 0 Å². The minimum absolute atomic E-state index is 0. The zero-order valence-electron chi connectivity index (χ0n) is 13.4. The molecule has 1 heterocycles. The second-order valence-corrected chi connectivity index (χ2v) is 6.82. The molecule has 0 spiro atoms. The van der Waals surface area contributed by atoms with Gasteiger partial charge in [0.05, 0.1) is 10.7 Å². The highest BCUT2D eigenvalue weighted by Crippen LogP contribution is 2.34. The molecule has 2 N–H and O–H groups in total. The van der Waals surface area contributed by atoms with Gasteiger partial charge in [0.1, 0.15) is 0 Å². The Kier molecular flexibility index (Phi) is 7.94. The number of nitrogens with zero attached hydrogens (tertiary/aromatic N) is 2. The molecule has 0 bridgehead atoms. The summed E-state index contributed by atoms with van der Waals surface area (Å²) in [7, 11) is 1.84. The summed E-state index contributed by atoms with van der Waals surface area (Å²) >= 11 is 1.80. The number of guanidine groups is 1. The van der Waals surface area contributed by atoms with Crippen LogP contribution < -0.4 is 10.6 Å². The molecule has 0 saturated heterocycles. The van der Waals surface area contributed by atoms with Gasteiger partial charge in [-0.2, -0.15) is 0 Å². The summed E-state index contributed by atoms with van der Waals surface area (Å²) in [5, 5.41) is 8.09. The van der Waals surface area contributed by atoms with Gasteiger partial charge in [-0.25, -0.2) is 4.98 Å². The summed E-state index contributed by atoms with van der Waals surface area (Å²) in [4.78, 5) is 10.2. The van der Waals surface area contributed by atoms with Gasteiger partial charge in [0.25, 0.3) is 0 Å². The molecule has 2 atom stereocenters. The van der Waals surface area contributed by atoms with Crippen molar-refractivity contribution in [2.45, 2.75) is 52.5 Å². The number of halogens is 1. The Morgan fingerprint density at radius 1 is 1.43 bits per heavy atom. The number of thiazole rings is 1. The van der Waals surface area contributed by atoms with E-state index in [0.717, 1.165) is 30.5 Å². The first-order chi connectivity index (χ1) is 9.63. The first-order valence-corrected chi connectivity index (χ1v) is 8.35. The molecular formula is C15H27IN4S. The maximum absolute atomic E-state index is 4.56. The maximum atomic E-state index is 4.56. The van der Waals surface area contributed by atoms with E-state index in [-0.39, 0.29) is 24.0 Å². The van der Waals surface area contributed by atoms with E-state index < -0.39 is 0 Å². The highest BCUT2D eigenvalue weighted by Gasteiger charge is 2.36. The lowest BCUT2D eigenvalue weighted by Gasteiger charge is -2.11. The van der Waals surface area contributed by atoms with Crippen LogP contribution in [-0.4, -0.2) is 30.6 Å². The van der Waals surface area contributed by atoms with Gasteiger partial charge in [0.15, 0.2) is 5.96 Å². The van der Waals surface area contributed by atoms with Crippen LogP contribution >= 0.6 is 35.3 Å². The zero-order valence-corrected chi connectivity index (χ0v) is 16.5. The van der Waals surface area contributed by atoms with Crippen LogP contribution in [0.4, 0.5) is 0 Å². The van der Waals surface area contributed by atoms with Crippen molar-refractivity contribution >= 4 is 41.3 Å². The third-order valence-electron chi connectivity index (χ3n) is 3.83. The van der Waals surface area contributed by atoms with Gasteiger partial charge in [-0.1, -0.05) is 13.3 Å². The molecule has 1 fully saturated rings. The van der Waals surface area contributed by atoms with Crippen molar-refractivity contribution in [2.24, 2.45) is 10.9 Å². The molecule has 0 aromatic carbocycles. The highest BCUT2D eigenvalue weighted by atomic mass is 127. The van der Waals surface area contributed by atoms with Gasteiger partial charge >= 0.3 is 0 Å². The molecule has 2 unspecified atom stereocenters. The summed E-state index contributed by atoms with van der Waals surface area (Å²) in [6, 6.07) is 0.630. The van der Waals surface area contributed by atoms with E-state index in [4.69, 9.17) is 0 Å². The third kappa shape index (κ3) is 5.73. The predicted octanol–water partition coefficient (Wildman–Crippen LogP) is 3.27. The van der Waals surface area contributed by atoms with Crippen molar-refractivity contribution in [1.82, 2.24) is 15.6 Å². The number of rotatable bonds is 6. The van der Waals surface area contributed by atoms with Crippen LogP contribution in [-0.2, 0) is 6.42 Å². The molecule has 2 rings (SSSR count). The summed E-state index contributed by atoms with van der Waals surface area (Å²) in [5.41, 5.74) is 1.16. The molecule has 0 aliphatic heterocycles. The fourth-order valence-corrected chi connectivity index (χ4v) is 3.35. The van der Waals surface area contributed by atoms with E-state index in [0.29, 0.717) is 6.04 Å². The molecule has 0 radical (unpaired) electrons. The van der Waals surface area contributed by atoms with Gasteiger partial charge in [-0.05, 0) is 32.6 Å². The molecule has 21 heavy (non-hydrogen) atoms. The number of aliphatic imine (C=N–C) groups is 1. The summed E-state index contributed by atoms with van der Waals surface area (Å²) in [5.74, 6) is 1.78. The molecular weight excluding hydrogens is 395 g/mol. The Labute approximate surface area is 149 Å². The quantitative estimate of drug-likeness (QED) is 0.420. The highest BCUT2D eigenvalue weighted by molar-refractivity contribution is 14.0. The third-order valence-corrected chi connectivity index (χ3v) is 4.96. The molecule has 1 aliphatic carbocycles. The number of nitrogens with one attached hydrogen (secondary N) is 2. The van der Waals surface area contributed by atoms with E-state index in [1.807, 2.05) is 7.05 Å². The molecule has 1 aromatic rings. The number of aromatic nitrogens is 1. The molecule has 0 amide bonds. The number of aryl methyl sites for hydroxylation is 2. The number of hydrogen-bond acceptors (Lipinski definition) is 3. The normalized spacial score (nSPS) is 20.9. The Balaban J connectivity index is 0.00000220. The first-order valence-electron chi connectivity index (χ1n) is 7.54. The van der Waals surface area contributed by atoms with Gasteiger partial charge < -0.3 is 10.6 Å². The van der Waals surface area contributed by atoms with E-state index >= 15 is 0 Å². The average molecular weight is 422 g/mol.